The van der Waals surface area contributed by atoms with Crippen molar-refractivity contribution in [1.82, 2.24) is 5.27 Å². The van der Waals surface area contributed by atoms with Crippen LogP contribution in [-0.2, 0) is 4.74 Å². The predicted molar refractivity (Wildman–Crippen MR) is 48.5 cm³/mol. The van der Waals surface area contributed by atoms with Gasteiger partial charge in [-0.1, -0.05) is 11.2 Å². The smallest absolute Gasteiger partial charge is 0.286 e. The van der Waals surface area contributed by atoms with Gasteiger partial charge in [0.1, 0.15) is 0 Å². The van der Waals surface area contributed by atoms with Gasteiger partial charge in [0.25, 0.3) is 11.8 Å². The Morgan fingerprint density at radius 1 is 1.40 bits per heavy atom. The molecule has 2 aliphatic rings. The lowest BCUT2D eigenvalue weighted by molar-refractivity contribution is -0.773. The number of morpholine rings is 1. The van der Waals surface area contributed by atoms with E-state index in [0.29, 0.717) is 12.1 Å². The molecule has 0 saturated carbocycles. The highest BCUT2D eigenvalue weighted by atomic mass is 16.5. The van der Waals surface area contributed by atoms with Gasteiger partial charge in [0, 0.05) is 12.1 Å². The number of nitrogens with zero attached hydrogens (tertiary/aromatic N) is 3. The first-order chi connectivity index (χ1) is 7.34. The Kier molecular flexibility index (Phi) is 2.02. The highest BCUT2D eigenvalue weighted by Crippen LogP contribution is 2.23. The molecule has 2 saturated heterocycles. The van der Waals surface area contributed by atoms with Crippen LogP contribution in [0, 0.1) is 5.41 Å². The van der Waals surface area contributed by atoms with E-state index in [-0.39, 0.29) is 5.55 Å². The first-order valence-corrected chi connectivity index (χ1v) is 5.31. The summed E-state index contributed by atoms with van der Waals surface area (Å²) in [4.78, 5) is 1.67. The van der Waals surface area contributed by atoms with Crippen LogP contribution in [0.4, 0.5) is 0 Å². The van der Waals surface area contributed by atoms with E-state index in [1.54, 1.807) is 11.0 Å². The minimum absolute atomic E-state index is 0.0968. The largest absolute Gasteiger partial charge is 0.381 e. The molecule has 0 amide bonds. The Hall–Kier alpha value is -1.30. The molecule has 0 spiro atoms. The van der Waals surface area contributed by atoms with Crippen molar-refractivity contribution in [1.29, 1.82) is 5.41 Å². The molecule has 1 aromatic rings. The van der Waals surface area contributed by atoms with Gasteiger partial charge in [-0.05, 0) is 18.1 Å². The molecule has 2 bridgehead atoms. The van der Waals surface area contributed by atoms with Gasteiger partial charge in [-0.3, -0.25) is 10.4 Å². The van der Waals surface area contributed by atoms with Gasteiger partial charge in [-0.15, -0.1) is 0 Å². The van der Waals surface area contributed by atoms with Gasteiger partial charge in [-0.2, -0.15) is 0 Å². The van der Waals surface area contributed by atoms with Crippen molar-refractivity contribution in [2.45, 2.75) is 31.3 Å². The maximum atomic E-state index is 7.33. The quantitative estimate of drug-likeness (QED) is 0.597. The summed E-state index contributed by atoms with van der Waals surface area (Å²) in [6.45, 7) is 1.51. The summed E-state index contributed by atoms with van der Waals surface area (Å²) >= 11 is 0. The Bertz CT molecular complexity index is 377. The third-order valence-corrected chi connectivity index (χ3v) is 3.14. The van der Waals surface area contributed by atoms with Gasteiger partial charge < -0.3 is 9.26 Å². The number of ether oxygens (including phenoxy) is 1. The second-order valence-corrected chi connectivity index (χ2v) is 4.14. The zero-order valence-corrected chi connectivity index (χ0v) is 8.43. The molecular formula is C9H14N4O2. The van der Waals surface area contributed by atoms with Gasteiger partial charge in [0.15, 0.2) is 0 Å². The molecule has 2 unspecified atom stereocenters. The van der Waals surface area contributed by atoms with Crippen LogP contribution in [0.3, 0.4) is 0 Å². The lowest BCUT2D eigenvalue weighted by Crippen LogP contribution is -2.73. The fourth-order valence-corrected chi connectivity index (χ4v) is 2.49. The molecular weight excluding hydrogens is 196 g/mol. The Morgan fingerprint density at radius 2 is 2.13 bits per heavy atom. The summed E-state index contributed by atoms with van der Waals surface area (Å²) in [5.74, 6) is 0. The van der Waals surface area contributed by atoms with Crippen molar-refractivity contribution in [2.24, 2.45) is 0 Å². The fourth-order valence-electron chi connectivity index (χ4n) is 2.49. The van der Waals surface area contributed by atoms with Gasteiger partial charge in [-0.25, -0.2) is 0 Å². The molecule has 6 nitrogen and oxygen atoms in total. The molecule has 3 heterocycles. The van der Waals surface area contributed by atoms with E-state index in [1.807, 2.05) is 0 Å². The molecule has 3 rings (SSSR count). The molecule has 0 radical (unpaired) electrons. The van der Waals surface area contributed by atoms with Crippen molar-refractivity contribution >= 4 is 0 Å². The van der Waals surface area contributed by atoms with E-state index in [1.165, 1.54) is 6.42 Å². The zero-order valence-electron chi connectivity index (χ0n) is 8.43. The minimum atomic E-state index is 0.0968. The molecule has 82 valence electrons. The van der Waals surface area contributed by atoms with Gasteiger partial charge >= 0.3 is 0 Å². The van der Waals surface area contributed by atoms with E-state index in [0.717, 1.165) is 26.1 Å². The summed E-state index contributed by atoms with van der Waals surface area (Å²) in [5, 5.41) is 13.4. The van der Waals surface area contributed by atoms with Crippen molar-refractivity contribution in [3.63, 3.8) is 0 Å². The van der Waals surface area contributed by atoms with Crippen LogP contribution < -0.4 is 20.6 Å². The lowest BCUT2D eigenvalue weighted by Gasteiger charge is -2.46. The summed E-state index contributed by atoms with van der Waals surface area (Å²) in [5.41, 5.74) is 0.0968. The molecule has 0 aliphatic carbocycles. The van der Waals surface area contributed by atoms with Crippen LogP contribution >= 0.6 is 0 Å². The molecule has 2 atom stereocenters. The van der Waals surface area contributed by atoms with E-state index in [9.17, 15) is 0 Å². The summed E-state index contributed by atoms with van der Waals surface area (Å²) in [6.07, 6.45) is 5.12. The van der Waals surface area contributed by atoms with Crippen molar-refractivity contribution < 1.29 is 14.1 Å². The molecule has 1 aromatic heterocycles. The van der Waals surface area contributed by atoms with Crippen LogP contribution in [0.1, 0.15) is 19.3 Å². The summed E-state index contributed by atoms with van der Waals surface area (Å²) in [7, 11) is 0. The highest BCUT2D eigenvalue weighted by Gasteiger charge is 2.34. The fraction of sp³-hybridized carbons (Fsp3) is 0.778. The van der Waals surface area contributed by atoms with Crippen molar-refractivity contribution in [2.75, 3.05) is 18.2 Å². The average molecular weight is 210 g/mol. The van der Waals surface area contributed by atoms with Gasteiger partial charge in [0.2, 0.25) is 0 Å². The van der Waals surface area contributed by atoms with Gasteiger partial charge in [0.05, 0.1) is 13.2 Å². The highest BCUT2D eigenvalue weighted by molar-refractivity contribution is 4.98. The second-order valence-electron chi connectivity index (χ2n) is 4.14. The molecule has 6 heteroatoms. The lowest BCUT2D eigenvalue weighted by atomic mass is 9.96. The third-order valence-electron chi connectivity index (χ3n) is 3.14. The number of nitrogens with one attached hydrogen (secondary N) is 1. The van der Waals surface area contributed by atoms with E-state index in [4.69, 9.17) is 14.7 Å². The Labute approximate surface area is 86.9 Å². The topological polar surface area (TPSA) is 67.4 Å². The molecule has 15 heavy (non-hydrogen) atoms. The van der Waals surface area contributed by atoms with Crippen LogP contribution in [0.2, 0.25) is 0 Å². The third kappa shape index (κ3) is 1.45. The molecule has 0 aromatic carbocycles. The van der Waals surface area contributed by atoms with E-state index < -0.39 is 0 Å². The molecule has 1 N–H and O–H groups in total. The normalized spacial score (nSPS) is 30.5. The number of fused-ring (bicyclic) bond motifs is 2. The number of aromatic nitrogens is 2. The second kappa shape index (κ2) is 3.37. The number of hydrogen-bond donors (Lipinski definition) is 1. The van der Waals surface area contributed by atoms with E-state index in [2.05, 4.69) is 10.3 Å². The maximum absolute atomic E-state index is 7.33. The standard InChI is InChI=1S/C9H14N4O2/c10-9-4-12(11-15-9)13-7-2-1-3-8(13)6-14-5-7/h4,7-8,10H,1-3,5-6H2. The first-order valence-electron chi connectivity index (χ1n) is 5.31. The summed E-state index contributed by atoms with van der Waals surface area (Å²) in [6, 6.07) is 0.763. The van der Waals surface area contributed by atoms with Crippen molar-refractivity contribution in [3.05, 3.63) is 11.8 Å². The average Bonchev–Trinajstić information content (AvgIpc) is 2.63. The van der Waals surface area contributed by atoms with Crippen LogP contribution in [-0.4, -0.2) is 25.3 Å². The van der Waals surface area contributed by atoms with Crippen molar-refractivity contribution in [3.8, 4) is 0 Å². The van der Waals surface area contributed by atoms with Crippen LogP contribution in [0.5, 0.6) is 0 Å². The van der Waals surface area contributed by atoms with E-state index >= 15 is 0 Å². The Balaban J connectivity index is 1.93. The maximum Gasteiger partial charge on any atom is 0.286 e. The monoisotopic (exact) mass is 210 g/mol. The van der Waals surface area contributed by atoms with Crippen LogP contribution in [0.15, 0.2) is 10.7 Å². The van der Waals surface area contributed by atoms with Crippen LogP contribution in [0.25, 0.3) is 0 Å². The molecule has 2 fully saturated rings. The summed E-state index contributed by atoms with van der Waals surface area (Å²) < 4.78 is 10.3. The predicted octanol–water partition coefficient (Wildman–Crippen LogP) is -1.11. The minimum Gasteiger partial charge on any atom is -0.381 e. The SMILES string of the molecule is N=c1c[n+](N2C3CCCC2COC3)[n-]o1. The Morgan fingerprint density at radius 3 is 2.73 bits per heavy atom. The number of hydrogen-bond acceptors (Lipinski definition) is 4. The number of rotatable bonds is 1. The molecule has 2 aliphatic heterocycles. The first kappa shape index (κ1) is 8.96. The zero-order chi connectivity index (χ0) is 10.3. The number of piperidine rings is 1.